The Balaban J connectivity index is 1.80. The van der Waals surface area contributed by atoms with Crippen molar-refractivity contribution in [2.45, 2.75) is 52.9 Å². The van der Waals surface area contributed by atoms with Crippen LogP contribution in [0.5, 0.6) is 5.75 Å². The highest BCUT2D eigenvalue weighted by Crippen LogP contribution is 2.33. The number of imide groups is 1. The molecule has 0 spiro atoms. The van der Waals surface area contributed by atoms with Crippen molar-refractivity contribution in [1.29, 1.82) is 0 Å². The van der Waals surface area contributed by atoms with Gasteiger partial charge in [-0.3, -0.25) is 19.4 Å². The summed E-state index contributed by atoms with van der Waals surface area (Å²) in [5.41, 5.74) is 0.0722. The van der Waals surface area contributed by atoms with E-state index < -0.39 is 29.3 Å². The highest BCUT2D eigenvalue weighted by molar-refractivity contribution is 6.12. The SMILES string of the molecule is CCNC(=O)C(C)(C)Oc1c(C)cc(CN2C(=O)CN(c3cccc(C(F)(F)F)c3)C2=O)cc1C. The van der Waals surface area contributed by atoms with Gasteiger partial charge in [-0.05, 0) is 69.5 Å². The van der Waals surface area contributed by atoms with Crippen LogP contribution >= 0.6 is 0 Å². The van der Waals surface area contributed by atoms with Gasteiger partial charge in [0, 0.05) is 12.2 Å². The van der Waals surface area contributed by atoms with Crippen molar-refractivity contribution >= 4 is 23.5 Å². The van der Waals surface area contributed by atoms with Crippen molar-refractivity contribution in [2.75, 3.05) is 18.0 Å². The number of urea groups is 1. The van der Waals surface area contributed by atoms with E-state index in [0.29, 0.717) is 29.0 Å². The van der Waals surface area contributed by atoms with Crippen LogP contribution < -0.4 is 15.0 Å². The summed E-state index contributed by atoms with van der Waals surface area (Å²) in [6, 6.07) is 7.14. The molecule has 1 heterocycles. The number of hydrogen-bond donors (Lipinski definition) is 1. The summed E-state index contributed by atoms with van der Waals surface area (Å²) in [5.74, 6) is -0.249. The number of aryl methyl sites for hydroxylation is 2. The Hall–Kier alpha value is -3.56. The molecule has 0 aliphatic carbocycles. The molecule has 0 saturated carbocycles. The topological polar surface area (TPSA) is 79.0 Å². The summed E-state index contributed by atoms with van der Waals surface area (Å²) < 4.78 is 45.2. The van der Waals surface area contributed by atoms with Crippen LogP contribution in [0.4, 0.5) is 23.7 Å². The summed E-state index contributed by atoms with van der Waals surface area (Å²) in [5, 5.41) is 2.73. The standard InChI is InChI=1S/C25H28F3N3O4/c1-6-29-22(33)24(4,5)35-21-15(2)10-17(11-16(21)3)13-31-20(32)14-30(23(31)34)19-9-7-8-18(12-19)25(26,27)28/h7-12H,6,13-14H2,1-5H3,(H,29,33). The highest BCUT2D eigenvalue weighted by atomic mass is 19.4. The van der Waals surface area contributed by atoms with E-state index >= 15 is 0 Å². The predicted octanol–water partition coefficient (Wildman–Crippen LogP) is 4.58. The Labute approximate surface area is 201 Å². The summed E-state index contributed by atoms with van der Waals surface area (Å²) in [6.45, 7) is 8.80. The van der Waals surface area contributed by atoms with Gasteiger partial charge >= 0.3 is 12.2 Å². The van der Waals surface area contributed by atoms with Crippen LogP contribution in [0.15, 0.2) is 36.4 Å². The molecule has 1 N–H and O–H groups in total. The second-order valence-corrected chi connectivity index (χ2v) is 8.93. The maximum Gasteiger partial charge on any atom is 0.416 e. The van der Waals surface area contributed by atoms with Crippen LogP contribution in [0.25, 0.3) is 0 Å². The smallest absolute Gasteiger partial charge is 0.416 e. The number of benzene rings is 2. The van der Waals surface area contributed by atoms with Gasteiger partial charge in [-0.2, -0.15) is 13.2 Å². The number of hydrogen-bond acceptors (Lipinski definition) is 4. The number of nitrogens with one attached hydrogen (secondary N) is 1. The minimum absolute atomic E-state index is 0.00405. The molecule has 7 nitrogen and oxygen atoms in total. The highest BCUT2D eigenvalue weighted by Gasteiger charge is 2.38. The first-order chi connectivity index (χ1) is 16.2. The fourth-order valence-corrected chi connectivity index (χ4v) is 3.90. The molecule has 1 saturated heterocycles. The molecule has 4 amide bonds. The fraction of sp³-hybridized carbons (Fsp3) is 0.400. The van der Waals surface area contributed by atoms with Crippen LogP contribution in [0.3, 0.4) is 0 Å². The Bertz CT molecular complexity index is 1140. The first-order valence-electron chi connectivity index (χ1n) is 11.1. The first kappa shape index (κ1) is 26.1. The van der Waals surface area contributed by atoms with Gasteiger partial charge in [-0.25, -0.2) is 4.79 Å². The number of carbonyl (C=O) groups excluding carboxylic acids is 3. The third-order valence-electron chi connectivity index (χ3n) is 5.64. The molecule has 1 fully saturated rings. The lowest BCUT2D eigenvalue weighted by Gasteiger charge is -2.27. The molecule has 0 aromatic heterocycles. The molecule has 0 atom stereocenters. The predicted molar refractivity (Wildman–Crippen MR) is 124 cm³/mol. The molecular formula is C25H28F3N3O4. The van der Waals surface area contributed by atoms with Crippen LogP contribution in [0.2, 0.25) is 0 Å². The number of halogens is 3. The number of anilines is 1. The first-order valence-corrected chi connectivity index (χ1v) is 11.1. The minimum Gasteiger partial charge on any atom is -0.477 e. The summed E-state index contributed by atoms with van der Waals surface area (Å²) in [7, 11) is 0. The monoisotopic (exact) mass is 491 g/mol. The number of likely N-dealkylation sites (N-methyl/N-ethyl adjacent to an activating group) is 1. The van der Waals surface area contributed by atoms with Gasteiger partial charge in [0.05, 0.1) is 12.1 Å². The van der Waals surface area contributed by atoms with E-state index in [4.69, 9.17) is 4.74 Å². The second-order valence-electron chi connectivity index (χ2n) is 8.93. The normalized spacial score (nSPS) is 14.5. The summed E-state index contributed by atoms with van der Waals surface area (Å²) in [6.07, 6.45) is -4.56. The lowest BCUT2D eigenvalue weighted by molar-refractivity contribution is -0.137. The van der Waals surface area contributed by atoms with E-state index in [0.717, 1.165) is 21.9 Å². The van der Waals surface area contributed by atoms with Crippen LogP contribution in [0, 0.1) is 13.8 Å². The number of nitrogens with zero attached hydrogens (tertiary/aromatic N) is 2. The van der Waals surface area contributed by atoms with Gasteiger partial charge < -0.3 is 10.1 Å². The van der Waals surface area contributed by atoms with Crippen LogP contribution in [-0.2, 0) is 22.3 Å². The Morgan fingerprint density at radius 3 is 2.29 bits per heavy atom. The van der Waals surface area contributed by atoms with Gasteiger partial charge in [0.2, 0.25) is 0 Å². The second kappa shape index (κ2) is 9.59. The van der Waals surface area contributed by atoms with Gasteiger partial charge in [0.25, 0.3) is 11.8 Å². The van der Waals surface area contributed by atoms with Crippen molar-refractivity contribution in [1.82, 2.24) is 10.2 Å². The zero-order valence-electron chi connectivity index (χ0n) is 20.2. The Morgan fingerprint density at radius 2 is 1.71 bits per heavy atom. The third-order valence-corrected chi connectivity index (χ3v) is 5.64. The summed E-state index contributed by atoms with van der Waals surface area (Å²) in [4.78, 5) is 39.8. The van der Waals surface area contributed by atoms with E-state index in [9.17, 15) is 27.6 Å². The van der Waals surface area contributed by atoms with E-state index in [1.165, 1.54) is 12.1 Å². The zero-order valence-corrected chi connectivity index (χ0v) is 20.2. The molecule has 0 bridgehead atoms. The molecule has 10 heteroatoms. The molecule has 2 aromatic carbocycles. The fourth-order valence-electron chi connectivity index (χ4n) is 3.90. The van der Waals surface area contributed by atoms with Gasteiger partial charge in [0.1, 0.15) is 12.3 Å². The molecule has 1 aliphatic rings. The summed E-state index contributed by atoms with van der Waals surface area (Å²) >= 11 is 0. The maximum absolute atomic E-state index is 13.1. The van der Waals surface area contributed by atoms with Gasteiger partial charge in [-0.15, -0.1) is 0 Å². The Kier molecular flexibility index (Phi) is 7.14. The molecule has 3 rings (SSSR count). The van der Waals surface area contributed by atoms with Crippen molar-refractivity contribution in [2.24, 2.45) is 0 Å². The van der Waals surface area contributed by atoms with Crippen LogP contribution in [-0.4, -0.2) is 41.4 Å². The minimum atomic E-state index is -4.56. The Morgan fingerprint density at radius 1 is 1.09 bits per heavy atom. The number of alkyl halides is 3. The van der Waals surface area contributed by atoms with Crippen LogP contribution in [0.1, 0.15) is 43.0 Å². The van der Waals surface area contributed by atoms with Crippen molar-refractivity contribution in [3.63, 3.8) is 0 Å². The largest absolute Gasteiger partial charge is 0.477 e. The van der Waals surface area contributed by atoms with E-state index in [1.54, 1.807) is 39.8 Å². The third kappa shape index (κ3) is 5.58. The number of amides is 4. The molecule has 0 unspecified atom stereocenters. The molecule has 1 aliphatic heterocycles. The van der Waals surface area contributed by atoms with E-state index in [2.05, 4.69) is 5.32 Å². The molecule has 35 heavy (non-hydrogen) atoms. The van der Waals surface area contributed by atoms with Gasteiger partial charge in [0.15, 0.2) is 5.60 Å². The number of rotatable bonds is 7. The lowest BCUT2D eigenvalue weighted by atomic mass is 10.0. The lowest BCUT2D eigenvalue weighted by Crippen LogP contribution is -2.46. The molecular weight excluding hydrogens is 463 g/mol. The average molecular weight is 492 g/mol. The van der Waals surface area contributed by atoms with Crippen molar-refractivity contribution in [3.8, 4) is 5.75 Å². The quantitative estimate of drug-likeness (QED) is 0.575. The van der Waals surface area contributed by atoms with E-state index in [1.807, 2.05) is 6.92 Å². The molecule has 0 radical (unpaired) electrons. The van der Waals surface area contributed by atoms with E-state index in [-0.39, 0.29) is 24.7 Å². The van der Waals surface area contributed by atoms with Crippen molar-refractivity contribution < 1.29 is 32.3 Å². The molecule has 188 valence electrons. The van der Waals surface area contributed by atoms with Gasteiger partial charge in [-0.1, -0.05) is 18.2 Å². The number of carbonyl (C=O) groups is 3. The van der Waals surface area contributed by atoms with Crippen molar-refractivity contribution in [3.05, 3.63) is 58.7 Å². The maximum atomic E-state index is 13.1. The zero-order chi connectivity index (χ0) is 26.1. The molecule has 2 aromatic rings. The average Bonchev–Trinajstić information content (AvgIpc) is 3.04. The number of ether oxygens (including phenoxy) is 1.